The van der Waals surface area contributed by atoms with Crippen LogP contribution in [0.15, 0.2) is 24.3 Å². The van der Waals surface area contributed by atoms with Crippen LogP contribution in [0.4, 0.5) is 5.69 Å². The normalized spacial score (nSPS) is 14.6. The van der Waals surface area contributed by atoms with Crippen molar-refractivity contribution in [2.24, 2.45) is 11.7 Å². The zero-order valence-electron chi connectivity index (χ0n) is 12.5. The highest BCUT2D eigenvalue weighted by Gasteiger charge is 2.12. The van der Waals surface area contributed by atoms with Gasteiger partial charge in [-0.05, 0) is 43.4 Å². The highest BCUT2D eigenvalue weighted by atomic mass is 15.1. The molecule has 1 unspecified atom stereocenters. The molecule has 0 aromatic heterocycles. The van der Waals surface area contributed by atoms with E-state index >= 15 is 0 Å². The van der Waals surface area contributed by atoms with Crippen LogP contribution in [0.5, 0.6) is 0 Å². The van der Waals surface area contributed by atoms with Gasteiger partial charge < -0.3 is 10.6 Å². The predicted octanol–water partition coefficient (Wildman–Crippen LogP) is 3.97. The molecule has 1 aromatic carbocycles. The van der Waals surface area contributed by atoms with Crippen LogP contribution in [0, 0.1) is 5.92 Å². The van der Waals surface area contributed by atoms with E-state index in [1.165, 1.54) is 17.7 Å². The van der Waals surface area contributed by atoms with Crippen LogP contribution in [0.1, 0.15) is 52.1 Å². The monoisotopic (exact) mass is 248 g/mol. The molecule has 0 aliphatic heterocycles. The van der Waals surface area contributed by atoms with Crippen molar-refractivity contribution >= 4 is 5.69 Å². The summed E-state index contributed by atoms with van der Waals surface area (Å²) >= 11 is 0. The van der Waals surface area contributed by atoms with Gasteiger partial charge in [0.25, 0.3) is 0 Å². The highest BCUT2D eigenvalue weighted by Crippen LogP contribution is 2.22. The molecule has 18 heavy (non-hydrogen) atoms. The highest BCUT2D eigenvalue weighted by molar-refractivity contribution is 5.48. The summed E-state index contributed by atoms with van der Waals surface area (Å²) in [5.41, 5.74) is 8.53. The van der Waals surface area contributed by atoms with Gasteiger partial charge in [0.2, 0.25) is 0 Å². The molecule has 2 nitrogen and oxygen atoms in total. The van der Waals surface area contributed by atoms with E-state index in [0.29, 0.717) is 6.04 Å². The number of benzene rings is 1. The van der Waals surface area contributed by atoms with Crippen molar-refractivity contribution in [3.63, 3.8) is 0 Å². The molecule has 0 heterocycles. The Bertz CT molecular complexity index is 343. The first-order valence-corrected chi connectivity index (χ1v) is 7.04. The molecule has 0 saturated heterocycles. The fourth-order valence-corrected chi connectivity index (χ4v) is 2.29. The second kappa shape index (κ2) is 6.79. The molecule has 0 fully saturated rings. The summed E-state index contributed by atoms with van der Waals surface area (Å²) in [4.78, 5) is 2.35. The van der Waals surface area contributed by atoms with Gasteiger partial charge in [-0.25, -0.2) is 0 Å². The van der Waals surface area contributed by atoms with Crippen LogP contribution >= 0.6 is 0 Å². The van der Waals surface area contributed by atoms with Crippen LogP contribution in [0.3, 0.4) is 0 Å². The summed E-state index contributed by atoms with van der Waals surface area (Å²) in [6.45, 7) is 8.95. The maximum atomic E-state index is 6.03. The number of anilines is 1. The smallest absolute Gasteiger partial charge is 0.0366 e. The molecular formula is C16H28N2. The molecule has 0 aliphatic rings. The van der Waals surface area contributed by atoms with Crippen molar-refractivity contribution < 1.29 is 0 Å². The Morgan fingerprint density at radius 1 is 1.11 bits per heavy atom. The maximum Gasteiger partial charge on any atom is 0.0366 e. The van der Waals surface area contributed by atoms with Gasteiger partial charge >= 0.3 is 0 Å². The third-order valence-corrected chi connectivity index (χ3v) is 3.64. The number of nitrogens with zero attached hydrogens (tertiary/aromatic N) is 1. The molecule has 0 saturated carbocycles. The Labute approximate surface area is 112 Å². The van der Waals surface area contributed by atoms with E-state index in [4.69, 9.17) is 5.73 Å². The predicted molar refractivity (Wildman–Crippen MR) is 81.0 cm³/mol. The SMILES string of the molecule is CC[C@@H](N)c1ccc(N(C)C(C)CC(C)C)cc1. The minimum absolute atomic E-state index is 0.164. The van der Waals surface area contributed by atoms with Gasteiger partial charge in [0.1, 0.15) is 0 Å². The summed E-state index contributed by atoms with van der Waals surface area (Å²) in [5.74, 6) is 0.732. The van der Waals surface area contributed by atoms with Gasteiger partial charge in [0.05, 0.1) is 0 Å². The maximum absolute atomic E-state index is 6.03. The molecule has 0 amide bonds. The van der Waals surface area contributed by atoms with Gasteiger partial charge in [-0.2, -0.15) is 0 Å². The zero-order chi connectivity index (χ0) is 13.7. The molecule has 2 N–H and O–H groups in total. The largest absolute Gasteiger partial charge is 0.372 e. The number of rotatable bonds is 6. The number of nitrogens with two attached hydrogens (primary N) is 1. The third-order valence-electron chi connectivity index (χ3n) is 3.64. The number of hydrogen-bond donors (Lipinski definition) is 1. The Balaban J connectivity index is 2.72. The van der Waals surface area contributed by atoms with Crippen LogP contribution < -0.4 is 10.6 Å². The second-order valence-electron chi connectivity index (χ2n) is 5.70. The lowest BCUT2D eigenvalue weighted by Gasteiger charge is -2.28. The Morgan fingerprint density at radius 2 is 1.67 bits per heavy atom. The average Bonchev–Trinajstić information content (AvgIpc) is 2.36. The van der Waals surface area contributed by atoms with E-state index in [-0.39, 0.29) is 6.04 Å². The average molecular weight is 248 g/mol. The molecule has 0 spiro atoms. The van der Waals surface area contributed by atoms with Gasteiger partial charge in [0, 0.05) is 24.8 Å². The molecule has 0 radical (unpaired) electrons. The van der Waals surface area contributed by atoms with Crippen molar-refractivity contribution in [3.8, 4) is 0 Å². The molecule has 1 rings (SSSR count). The first kappa shape index (κ1) is 15.0. The van der Waals surface area contributed by atoms with Crippen molar-refractivity contribution in [2.75, 3.05) is 11.9 Å². The van der Waals surface area contributed by atoms with Crippen LogP contribution in [0.25, 0.3) is 0 Å². The quantitative estimate of drug-likeness (QED) is 0.825. The minimum Gasteiger partial charge on any atom is -0.372 e. The molecule has 1 aromatic rings. The van der Waals surface area contributed by atoms with E-state index in [2.05, 4.69) is 63.9 Å². The van der Waals surface area contributed by atoms with Gasteiger partial charge in [0.15, 0.2) is 0 Å². The standard InChI is InChI=1S/C16H28N2/c1-6-16(17)14-7-9-15(10-8-14)18(5)13(4)11-12(2)3/h7-10,12-13,16H,6,11,17H2,1-5H3/t13?,16-/m1/s1. The number of hydrogen-bond acceptors (Lipinski definition) is 2. The van der Waals surface area contributed by atoms with E-state index in [0.717, 1.165) is 12.3 Å². The minimum atomic E-state index is 0.164. The van der Waals surface area contributed by atoms with Crippen LogP contribution in [-0.2, 0) is 0 Å². The van der Waals surface area contributed by atoms with Crippen molar-refractivity contribution in [2.45, 2.75) is 52.6 Å². The summed E-state index contributed by atoms with van der Waals surface area (Å²) in [7, 11) is 2.17. The summed E-state index contributed by atoms with van der Waals surface area (Å²) < 4.78 is 0. The first-order chi connectivity index (χ1) is 8.45. The molecule has 2 heteroatoms. The Morgan fingerprint density at radius 3 is 2.11 bits per heavy atom. The Kier molecular flexibility index (Phi) is 5.67. The molecule has 0 aliphatic carbocycles. The van der Waals surface area contributed by atoms with Crippen LogP contribution in [-0.4, -0.2) is 13.1 Å². The summed E-state index contributed by atoms with van der Waals surface area (Å²) in [6, 6.07) is 9.40. The van der Waals surface area contributed by atoms with E-state index in [1.807, 2.05) is 0 Å². The van der Waals surface area contributed by atoms with E-state index < -0.39 is 0 Å². The molecule has 2 atom stereocenters. The molecule has 0 bridgehead atoms. The van der Waals surface area contributed by atoms with Gasteiger partial charge in [-0.15, -0.1) is 0 Å². The van der Waals surface area contributed by atoms with Crippen LogP contribution in [0.2, 0.25) is 0 Å². The molecular weight excluding hydrogens is 220 g/mol. The van der Waals surface area contributed by atoms with Gasteiger partial charge in [-0.3, -0.25) is 0 Å². The lowest BCUT2D eigenvalue weighted by Crippen LogP contribution is -2.30. The Hall–Kier alpha value is -1.02. The zero-order valence-corrected chi connectivity index (χ0v) is 12.5. The van der Waals surface area contributed by atoms with E-state index in [1.54, 1.807) is 0 Å². The summed E-state index contributed by atoms with van der Waals surface area (Å²) in [5, 5.41) is 0. The van der Waals surface area contributed by atoms with Crippen molar-refractivity contribution in [1.82, 2.24) is 0 Å². The van der Waals surface area contributed by atoms with Gasteiger partial charge in [-0.1, -0.05) is 32.9 Å². The van der Waals surface area contributed by atoms with E-state index in [9.17, 15) is 0 Å². The fraction of sp³-hybridized carbons (Fsp3) is 0.625. The second-order valence-corrected chi connectivity index (χ2v) is 5.70. The topological polar surface area (TPSA) is 29.3 Å². The van der Waals surface area contributed by atoms with Crippen molar-refractivity contribution in [1.29, 1.82) is 0 Å². The third kappa shape index (κ3) is 4.02. The first-order valence-electron chi connectivity index (χ1n) is 7.04. The van der Waals surface area contributed by atoms with Crippen molar-refractivity contribution in [3.05, 3.63) is 29.8 Å². The lowest BCUT2D eigenvalue weighted by molar-refractivity contribution is 0.504. The fourth-order valence-electron chi connectivity index (χ4n) is 2.29. The lowest BCUT2D eigenvalue weighted by atomic mass is 10.0. The molecule has 102 valence electrons. The summed E-state index contributed by atoms with van der Waals surface area (Å²) in [6.07, 6.45) is 2.20.